The highest BCUT2D eigenvalue weighted by Crippen LogP contribution is 2.22. The van der Waals surface area contributed by atoms with Gasteiger partial charge < -0.3 is 15.2 Å². The zero-order valence-electron chi connectivity index (χ0n) is 15.2. The van der Waals surface area contributed by atoms with Crippen molar-refractivity contribution in [3.8, 4) is 5.75 Å². The Morgan fingerprint density at radius 3 is 2.26 bits per heavy atom. The lowest BCUT2D eigenvalue weighted by Gasteiger charge is -2.11. The summed E-state index contributed by atoms with van der Waals surface area (Å²) in [5.74, 6) is -1.07. The molecule has 0 aliphatic heterocycles. The van der Waals surface area contributed by atoms with Crippen molar-refractivity contribution in [3.05, 3.63) is 53.6 Å². The molecule has 1 amide bonds. The Morgan fingerprint density at radius 1 is 1.11 bits per heavy atom. The van der Waals surface area contributed by atoms with Gasteiger partial charge in [0.15, 0.2) is 16.4 Å². The second-order valence-corrected chi connectivity index (χ2v) is 8.74. The molecule has 0 saturated heterocycles. The summed E-state index contributed by atoms with van der Waals surface area (Å²) < 4.78 is 29.3. The van der Waals surface area contributed by atoms with Crippen LogP contribution in [-0.4, -0.2) is 37.3 Å². The summed E-state index contributed by atoms with van der Waals surface area (Å²) in [7, 11) is -3.39. The number of ether oxygens (including phenoxy) is 1. The van der Waals surface area contributed by atoms with Gasteiger partial charge in [-0.3, -0.25) is 4.79 Å². The molecule has 0 spiro atoms. The van der Waals surface area contributed by atoms with Crippen molar-refractivity contribution in [2.45, 2.75) is 30.9 Å². The number of hydrogen-bond donors (Lipinski definition) is 2. The fourth-order valence-electron chi connectivity index (χ4n) is 2.27. The number of rotatable bonds is 7. The number of anilines is 1. The molecule has 0 fully saturated rings. The molecule has 2 aromatic rings. The standard InChI is InChI=1S/C19H21NO6S/c1-12(2)27(24,25)16-7-4-14(5-8-16)19(23)20-17-9-6-15(10-13(17)3)26-11-18(21)22/h4-10,12H,11H2,1-3H3,(H,20,23)(H,21,22). The van der Waals surface area contributed by atoms with Crippen molar-refractivity contribution in [2.24, 2.45) is 0 Å². The van der Waals surface area contributed by atoms with Gasteiger partial charge in [-0.15, -0.1) is 0 Å². The maximum absolute atomic E-state index is 12.4. The molecule has 0 heterocycles. The van der Waals surface area contributed by atoms with E-state index in [1.165, 1.54) is 24.3 Å². The molecular weight excluding hydrogens is 370 g/mol. The van der Waals surface area contributed by atoms with Crippen LogP contribution in [0.4, 0.5) is 5.69 Å². The molecule has 0 radical (unpaired) electrons. The van der Waals surface area contributed by atoms with E-state index in [-0.39, 0.29) is 10.8 Å². The van der Waals surface area contributed by atoms with E-state index in [1.807, 2.05) is 0 Å². The average Bonchev–Trinajstić information content (AvgIpc) is 2.61. The van der Waals surface area contributed by atoms with Crippen molar-refractivity contribution in [1.82, 2.24) is 0 Å². The van der Waals surface area contributed by atoms with Crippen molar-refractivity contribution in [3.63, 3.8) is 0 Å². The molecule has 144 valence electrons. The molecular formula is C19H21NO6S. The largest absolute Gasteiger partial charge is 0.482 e. The number of aryl methyl sites for hydroxylation is 1. The lowest BCUT2D eigenvalue weighted by atomic mass is 10.1. The Bertz CT molecular complexity index is 949. The maximum atomic E-state index is 12.4. The average molecular weight is 391 g/mol. The number of nitrogens with one attached hydrogen (secondary N) is 1. The highest BCUT2D eigenvalue weighted by molar-refractivity contribution is 7.92. The number of benzene rings is 2. The third-order valence-electron chi connectivity index (χ3n) is 3.87. The topological polar surface area (TPSA) is 110 Å². The molecule has 0 bridgehead atoms. The molecule has 0 aromatic heterocycles. The zero-order chi connectivity index (χ0) is 20.2. The molecule has 0 aliphatic carbocycles. The van der Waals surface area contributed by atoms with Gasteiger partial charge in [0.25, 0.3) is 5.91 Å². The summed E-state index contributed by atoms with van der Waals surface area (Å²) in [5.41, 5.74) is 1.56. The van der Waals surface area contributed by atoms with Crippen LogP contribution >= 0.6 is 0 Å². The molecule has 0 atom stereocenters. The van der Waals surface area contributed by atoms with Crippen LogP contribution in [0, 0.1) is 6.92 Å². The van der Waals surface area contributed by atoms with Crippen molar-refractivity contribution in [1.29, 1.82) is 0 Å². The molecule has 2 N–H and O–H groups in total. The highest BCUT2D eigenvalue weighted by Gasteiger charge is 2.19. The smallest absolute Gasteiger partial charge is 0.341 e. The number of carboxylic acid groups (broad SMARTS) is 1. The minimum Gasteiger partial charge on any atom is -0.482 e. The Balaban J connectivity index is 2.12. The number of carbonyl (C=O) groups excluding carboxylic acids is 1. The predicted octanol–water partition coefficient (Wildman–Crippen LogP) is 2.89. The Kier molecular flexibility index (Phi) is 6.22. The quantitative estimate of drug-likeness (QED) is 0.751. The SMILES string of the molecule is Cc1cc(OCC(=O)O)ccc1NC(=O)c1ccc(S(=O)(=O)C(C)C)cc1. The summed E-state index contributed by atoms with van der Waals surface area (Å²) in [5, 5.41) is 10.8. The summed E-state index contributed by atoms with van der Waals surface area (Å²) in [4.78, 5) is 23.1. The van der Waals surface area contributed by atoms with E-state index in [0.29, 0.717) is 22.6 Å². The van der Waals surface area contributed by atoms with Crippen LogP contribution in [0.2, 0.25) is 0 Å². The number of carboxylic acids is 1. The van der Waals surface area contributed by atoms with Crippen LogP contribution in [0.15, 0.2) is 47.4 Å². The molecule has 2 rings (SSSR count). The van der Waals surface area contributed by atoms with Crippen molar-refractivity contribution in [2.75, 3.05) is 11.9 Å². The van der Waals surface area contributed by atoms with E-state index >= 15 is 0 Å². The first-order chi connectivity index (χ1) is 12.6. The second kappa shape index (κ2) is 8.22. The number of hydrogen-bond acceptors (Lipinski definition) is 5. The molecule has 0 saturated carbocycles. The van der Waals surface area contributed by atoms with Gasteiger partial charge in [0.1, 0.15) is 5.75 Å². The first-order valence-corrected chi connectivity index (χ1v) is 9.76. The van der Waals surface area contributed by atoms with E-state index in [4.69, 9.17) is 9.84 Å². The lowest BCUT2D eigenvalue weighted by molar-refractivity contribution is -0.139. The minimum absolute atomic E-state index is 0.171. The summed E-state index contributed by atoms with van der Waals surface area (Å²) in [6.07, 6.45) is 0. The molecule has 0 unspecified atom stereocenters. The van der Waals surface area contributed by atoms with E-state index in [2.05, 4.69) is 5.32 Å². The molecule has 2 aromatic carbocycles. The highest BCUT2D eigenvalue weighted by atomic mass is 32.2. The summed E-state index contributed by atoms with van der Waals surface area (Å²) in [6.45, 7) is 4.50. The second-order valence-electron chi connectivity index (χ2n) is 6.23. The van der Waals surface area contributed by atoms with Crippen LogP contribution in [0.25, 0.3) is 0 Å². The van der Waals surface area contributed by atoms with Crippen LogP contribution in [0.5, 0.6) is 5.75 Å². The van der Waals surface area contributed by atoms with Gasteiger partial charge in [0, 0.05) is 11.3 Å². The first kappa shape index (κ1) is 20.4. The van der Waals surface area contributed by atoms with Gasteiger partial charge in [-0.05, 0) is 68.8 Å². The number of carbonyl (C=O) groups is 2. The van der Waals surface area contributed by atoms with Crippen LogP contribution in [0.3, 0.4) is 0 Å². The van der Waals surface area contributed by atoms with Crippen molar-refractivity contribution < 1.29 is 27.9 Å². The maximum Gasteiger partial charge on any atom is 0.341 e. The molecule has 7 nitrogen and oxygen atoms in total. The minimum atomic E-state index is -3.39. The van der Waals surface area contributed by atoms with E-state index in [0.717, 1.165) is 0 Å². The fourth-order valence-corrected chi connectivity index (χ4v) is 3.33. The number of amides is 1. The summed E-state index contributed by atoms with van der Waals surface area (Å²) >= 11 is 0. The third kappa shape index (κ3) is 5.07. The zero-order valence-corrected chi connectivity index (χ0v) is 16.0. The normalized spacial score (nSPS) is 11.3. The molecule has 27 heavy (non-hydrogen) atoms. The Labute approximate surface area is 157 Å². The van der Waals surface area contributed by atoms with E-state index in [9.17, 15) is 18.0 Å². The first-order valence-electron chi connectivity index (χ1n) is 8.22. The monoisotopic (exact) mass is 391 g/mol. The fraction of sp³-hybridized carbons (Fsp3) is 0.263. The number of sulfone groups is 1. The van der Waals surface area contributed by atoms with E-state index < -0.39 is 27.7 Å². The Morgan fingerprint density at radius 2 is 1.74 bits per heavy atom. The van der Waals surface area contributed by atoms with Crippen molar-refractivity contribution >= 4 is 27.4 Å². The van der Waals surface area contributed by atoms with Gasteiger partial charge in [0.2, 0.25) is 0 Å². The van der Waals surface area contributed by atoms with Gasteiger partial charge in [-0.2, -0.15) is 0 Å². The third-order valence-corrected chi connectivity index (χ3v) is 6.04. The van der Waals surface area contributed by atoms with Crippen LogP contribution in [-0.2, 0) is 14.6 Å². The van der Waals surface area contributed by atoms with Gasteiger partial charge >= 0.3 is 5.97 Å². The van der Waals surface area contributed by atoms with Gasteiger partial charge in [-0.1, -0.05) is 0 Å². The van der Waals surface area contributed by atoms with E-state index in [1.54, 1.807) is 39.0 Å². The lowest BCUT2D eigenvalue weighted by Crippen LogP contribution is -2.15. The van der Waals surface area contributed by atoms with Gasteiger partial charge in [0.05, 0.1) is 10.1 Å². The predicted molar refractivity (Wildman–Crippen MR) is 101 cm³/mol. The summed E-state index contributed by atoms with van der Waals surface area (Å²) in [6, 6.07) is 10.6. The molecule has 8 heteroatoms. The van der Waals surface area contributed by atoms with Gasteiger partial charge in [-0.25, -0.2) is 13.2 Å². The number of aliphatic carboxylic acids is 1. The van der Waals surface area contributed by atoms with Crippen LogP contribution < -0.4 is 10.1 Å². The van der Waals surface area contributed by atoms with Crippen LogP contribution in [0.1, 0.15) is 29.8 Å². The molecule has 0 aliphatic rings. The Hall–Kier alpha value is -2.87.